The number of nitrogens with zero attached hydrogens (tertiary/aromatic N) is 2. The first-order valence-corrected chi connectivity index (χ1v) is 12.7. The molecule has 2 aromatic heterocycles. The van der Waals surface area contributed by atoms with Crippen LogP contribution in [-0.4, -0.2) is 58.6 Å². The van der Waals surface area contributed by atoms with Crippen LogP contribution in [0.25, 0.3) is 11.0 Å². The summed E-state index contributed by atoms with van der Waals surface area (Å²) in [4.78, 5) is 69.2. The van der Waals surface area contributed by atoms with Gasteiger partial charge in [0, 0.05) is 18.5 Å². The molecule has 0 saturated heterocycles. The molecular formula is C28H34N4O8. The van der Waals surface area contributed by atoms with Gasteiger partial charge in [0.25, 0.3) is 11.5 Å². The lowest BCUT2D eigenvalue weighted by atomic mass is 9.97. The zero-order valence-electron chi connectivity index (χ0n) is 23.5. The second-order valence-corrected chi connectivity index (χ2v) is 10.3. The Morgan fingerprint density at radius 2 is 1.75 bits per heavy atom. The second kappa shape index (κ2) is 12.6. The first-order chi connectivity index (χ1) is 18.8. The number of carbonyl (C=O) groups is 4. The number of amides is 1. The summed E-state index contributed by atoms with van der Waals surface area (Å²) in [5.41, 5.74) is 0.936. The Morgan fingerprint density at radius 1 is 1.07 bits per heavy atom. The number of rotatable bonds is 10. The number of nitrogens with one attached hydrogen (secondary N) is 2. The van der Waals surface area contributed by atoms with Crippen LogP contribution in [0, 0.1) is 12.3 Å². The van der Waals surface area contributed by atoms with Gasteiger partial charge in [-0.05, 0) is 58.2 Å². The minimum atomic E-state index is -1.00. The Balaban J connectivity index is 1.71. The van der Waals surface area contributed by atoms with Crippen LogP contribution in [0.1, 0.15) is 55.2 Å². The smallest absolute Gasteiger partial charge is 0.328 e. The van der Waals surface area contributed by atoms with E-state index in [9.17, 15) is 24.0 Å². The third-order valence-corrected chi connectivity index (χ3v) is 6.23. The molecule has 1 amide bonds. The van der Waals surface area contributed by atoms with Crippen molar-refractivity contribution in [2.45, 2.75) is 59.5 Å². The number of hydrogen-bond acceptors (Lipinski definition) is 9. The molecule has 0 bridgehead atoms. The number of benzene rings is 1. The van der Waals surface area contributed by atoms with E-state index in [0.29, 0.717) is 29.9 Å². The van der Waals surface area contributed by atoms with E-state index in [0.717, 1.165) is 5.56 Å². The van der Waals surface area contributed by atoms with Gasteiger partial charge in [0.15, 0.2) is 5.75 Å². The predicted octanol–water partition coefficient (Wildman–Crippen LogP) is 2.45. The minimum absolute atomic E-state index is 0.0358. The molecule has 3 rings (SSSR count). The van der Waals surface area contributed by atoms with E-state index in [4.69, 9.17) is 9.47 Å². The summed E-state index contributed by atoms with van der Waals surface area (Å²) in [5, 5.41) is 2.79. The van der Waals surface area contributed by atoms with E-state index in [1.54, 1.807) is 52.0 Å². The maximum absolute atomic E-state index is 13.2. The lowest BCUT2D eigenvalue weighted by Gasteiger charge is -2.16. The van der Waals surface area contributed by atoms with Crippen LogP contribution in [-0.2, 0) is 36.8 Å². The first kappa shape index (κ1) is 30.1. The monoisotopic (exact) mass is 554 g/mol. The minimum Gasteiger partial charge on any atom is -0.469 e. The van der Waals surface area contributed by atoms with Crippen molar-refractivity contribution in [3.8, 4) is 5.75 Å². The molecule has 12 nitrogen and oxygen atoms in total. The summed E-state index contributed by atoms with van der Waals surface area (Å²) in [5.74, 6) is -1.96. The van der Waals surface area contributed by atoms with Crippen LogP contribution in [0.15, 0.2) is 35.4 Å². The molecule has 0 aliphatic carbocycles. The predicted molar refractivity (Wildman–Crippen MR) is 145 cm³/mol. The third-order valence-electron chi connectivity index (χ3n) is 6.23. The van der Waals surface area contributed by atoms with Crippen LogP contribution in [0.5, 0.6) is 5.75 Å². The number of ether oxygens (including phenoxy) is 3. The first-order valence-electron chi connectivity index (χ1n) is 12.7. The van der Waals surface area contributed by atoms with Crippen molar-refractivity contribution in [2.24, 2.45) is 5.41 Å². The van der Waals surface area contributed by atoms with Crippen LogP contribution in [0.4, 0.5) is 0 Å². The number of esters is 3. The molecule has 214 valence electrons. The zero-order valence-corrected chi connectivity index (χ0v) is 23.5. The van der Waals surface area contributed by atoms with Crippen molar-refractivity contribution in [3.05, 3.63) is 57.8 Å². The number of aromatic nitrogens is 3. The summed E-state index contributed by atoms with van der Waals surface area (Å²) in [6, 6.07) is 5.68. The van der Waals surface area contributed by atoms with Gasteiger partial charge in [-0.1, -0.05) is 12.1 Å². The van der Waals surface area contributed by atoms with Gasteiger partial charge in [0.1, 0.15) is 17.1 Å². The standard InChI is InChI=1S/C28H34N4O8/c1-16-22(40-27(37)28(2,3)4)21-23(30-16)29-15-32(25(21)35)14-13-17-7-9-18(10-8-17)24(34)31-19(26(36)39-6)11-12-20(33)38-5/h7-10,15,19,30H,11-14H2,1-6H3,(H,31,34)/t19-/m0/s1. The number of aryl methyl sites for hydroxylation is 3. The summed E-state index contributed by atoms with van der Waals surface area (Å²) < 4.78 is 16.3. The Bertz CT molecular complexity index is 1460. The number of methoxy groups -OCH3 is 2. The molecule has 0 fully saturated rings. The second-order valence-electron chi connectivity index (χ2n) is 10.3. The average molecular weight is 555 g/mol. The van der Waals surface area contributed by atoms with Gasteiger partial charge in [-0.2, -0.15) is 0 Å². The van der Waals surface area contributed by atoms with Crippen molar-refractivity contribution >= 4 is 34.8 Å². The molecule has 0 saturated carbocycles. The Labute approximate surface area is 231 Å². The van der Waals surface area contributed by atoms with E-state index in [1.165, 1.54) is 25.1 Å². The van der Waals surface area contributed by atoms with E-state index < -0.39 is 35.3 Å². The van der Waals surface area contributed by atoms with Crippen LogP contribution >= 0.6 is 0 Å². The molecule has 40 heavy (non-hydrogen) atoms. The van der Waals surface area contributed by atoms with Gasteiger partial charge in [0.2, 0.25) is 0 Å². The summed E-state index contributed by atoms with van der Waals surface area (Å²) in [6.45, 7) is 7.19. The number of H-pyrrole nitrogens is 1. The van der Waals surface area contributed by atoms with Crippen LogP contribution < -0.4 is 15.6 Å². The van der Waals surface area contributed by atoms with Crippen molar-refractivity contribution in [1.82, 2.24) is 19.9 Å². The van der Waals surface area contributed by atoms with Crippen molar-refractivity contribution < 1.29 is 33.4 Å². The van der Waals surface area contributed by atoms with E-state index >= 15 is 0 Å². The Hall–Kier alpha value is -4.48. The van der Waals surface area contributed by atoms with Gasteiger partial charge < -0.3 is 24.5 Å². The maximum Gasteiger partial charge on any atom is 0.328 e. The van der Waals surface area contributed by atoms with E-state index in [2.05, 4.69) is 20.0 Å². The van der Waals surface area contributed by atoms with Crippen LogP contribution in [0.2, 0.25) is 0 Å². The highest BCUT2D eigenvalue weighted by molar-refractivity contribution is 5.97. The number of fused-ring (bicyclic) bond motifs is 1. The molecule has 1 aromatic carbocycles. The maximum atomic E-state index is 13.2. The molecule has 2 heterocycles. The molecular weight excluding hydrogens is 520 g/mol. The fraction of sp³-hybridized carbons (Fsp3) is 0.429. The highest BCUT2D eigenvalue weighted by Gasteiger charge is 2.27. The summed E-state index contributed by atoms with van der Waals surface area (Å²) in [6.07, 6.45) is 1.87. The molecule has 2 N–H and O–H groups in total. The SMILES string of the molecule is COC(=O)CC[C@H](NC(=O)c1ccc(CCn2cnc3[nH]c(C)c(OC(=O)C(C)(C)C)c3c2=O)cc1)C(=O)OC. The quantitative estimate of drug-likeness (QED) is 0.359. The molecule has 0 radical (unpaired) electrons. The molecule has 0 aliphatic heterocycles. The van der Waals surface area contributed by atoms with Gasteiger partial charge >= 0.3 is 17.9 Å². The van der Waals surface area contributed by atoms with Crippen molar-refractivity contribution in [3.63, 3.8) is 0 Å². The lowest BCUT2D eigenvalue weighted by molar-refractivity contribution is -0.145. The Morgan fingerprint density at radius 3 is 2.35 bits per heavy atom. The fourth-order valence-electron chi connectivity index (χ4n) is 3.81. The molecule has 0 spiro atoms. The third kappa shape index (κ3) is 7.13. The molecule has 3 aromatic rings. The highest BCUT2D eigenvalue weighted by Crippen LogP contribution is 2.28. The number of aromatic amines is 1. The summed E-state index contributed by atoms with van der Waals surface area (Å²) >= 11 is 0. The summed E-state index contributed by atoms with van der Waals surface area (Å²) in [7, 11) is 2.44. The average Bonchev–Trinajstić information content (AvgIpc) is 3.24. The highest BCUT2D eigenvalue weighted by atomic mass is 16.5. The normalized spacial score (nSPS) is 12.1. The van der Waals surface area contributed by atoms with Crippen molar-refractivity contribution in [1.29, 1.82) is 0 Å². The number of hydrogen-bond donors (Lipinski definition) is 2. The van der Waals surface area contributed by atoms with Gasteiger partial charge in [-0.3, -0.25) is 23.7 Å². The molecule has 0 unspecified atom stereocenters. The largest absolute Gasteiger partial charge is 0.469 e. The van der Waals surface area contributed by atoms with E-state index in [-0.39, 0.29) is 29.5 Å². The molecule has 12 heteroatoms. The lowest BCUT2D eigenvalue weighted by Crippen LogP contribution is -2.41. The number of carbonyl (C=O) groups excluding carboxylic acids is 4. The van der Waals surface area contributed by atoms with E-state index in [1.807, 2.05) is 0 Å². The molecule has 0 aliphatic rings. The van der Waals surface area contributed by atoms with Crippen LogP contribution in [0.3, 0.4) is 0 Å². The van der Waals surface area contributed by atoms with Gasteiger partial charge in [-0.25, -0.2) is 9.78 Å². The topological polar surface area (TPSA) is 159 Å². The Kier molecular flexibility index (Phi) is 9.46. The van der Waals surface area contributed by atoms with Crippen molar-refractivity contribution in [2.75, 3.05) is 14.2 Å². The zero-order chi connectivity index (χ0) is 29.6. The van der Waals surface area contributed by atoms with Gasteiger partial charge in [0.05, 0.1) is 31.7 Å². The van der Waals surface area contributed by atoms with Gasteiger partial charge in [-0.15, -0.1) is 0 Å². The fourth-order valence-corrected chi connectivity index (χ4v) is 3.81. The molecule has 1 atom stereocenters.